The first kappa shape index (κ1) is 15.1. The molecule has 1 unspecified atom stereocenters. The summed E-state index contributed by atoms with van der Waals surface area (Å²) in [5, 5.41) is 11.9. The van der Waals surface area contributed by atoms with Gasteiger partial charge >= 0.3 is 0 Å². The zero-order chi connectivity index (χ0) is 16.4. The second-order valence-corrected chi connectivity index (χ2v) is 6.33. The van der Waals surface area contributed by atoms with Crippen molar-refractivity contribution in [3.63, 3.8) is 0 Å². The van der Waals surface area contributed by atoms with Gasteiger partial charge in [-0.05, 0) is 44.1 Å². The van der Waals surface area contributed by atoms with E-state index in [4.69, 9.17) is 0 Å². The minimum absolute atomic E-state index is 0.0297. The van der Waals surface area contributed by atoms with Crippen LogP contribution in [0.5, 0.6) is 5.75 Å². The lowest BCUT2D eigenvalue weighted by Gasteiger charge is -2.34. The first-order valence-corrected chi connectivity index (χ1v) is 8.56. The van der Waals surface area contributed by atoms with Gasteiger partial charge < -0.3 is 5.11 Å². The third kappa shape index (κ3) is 2.74. The number of pyridine rings is 2. The van der Waals surface area contributed by atoms with Crippen molar-refractivity contribution in [3.8, 4) is 5.75 Å². The molecule has 1 aliphatic rings. The number of fused-ring (bicyclic) bond motifs is 1. The topological polar surface area (TPSA) is 49.3 Å². The van der Waals surface area contributed by atoms with E-state index in [0.717, 1.165) is 29.7 Å². The molecule has 1 saturated heterocycles. The summed E-state index contributed by atoms with van der Waals surface area (Å²) in [7, 11) is 0. The molecule has 0 bridgehead atoms. The standard InChI is InChI=1S/C20H21N3O/c24-20-16(10-9-15-7-6-12-22-18(15)20)19(17-8-2-3-11-21-17)23-13-4-1-5-14-23/h2-3,6-12,19,24H,1,4-5,13-14H2. The Kier molecular flexibility index (Phi) is 4.13. The van der Waals surface area contributed by atoms with Gasteiger partial charge in [-0.2, -0.15) is 0 Å². The average molecular weight is 319 g/mol. The van der Waals surface area contributed by atoms with Gasteiger partial charge in [0.25, 0.3) is 0 Å². The first-order valence-electron chi connectivity index (χ1n) is 8.56. The predicted molar refractivity (Wildman–Crippen MR) is 94.9 cm³/mol. The van der Waals surface area contributed by atoms with E-state index in [-0.39, 0.29) is 11.8 Å². The molecular weight excluding hydrogens is 298 g/mol. The lowest BCUT2D eigenvalue weighted by atomic mass is 9.96. The Morgan fingerprint density at radius 1 is 0.875 bits per heavy atom. The SMILES string of the molecule is Oc1c(C(c2ccccn2)N2CCCCC2)ccc2cccnc12. The van der Waals surface area contributed by atoms with Gasteiger partial charge in [0.1, 0.15) is 11.3 Å². The highest BCUT2D eigenvalue weighted by Gasteiger charge is 2.27. The molecule has 0 saturated carbocycles. The maximum atomic E-state index is 10.9. The van der Waals surface area contributed by atoms with E-state index in [1.165, 1.54) is 19.3 Å². The van der Waals surface area contributed by atoms with Crippen LogP contribution in [0.4, 0.5) is 0 Å². The van der Waals surface area contributed by atoms with Crippen molar-refractivity contribution in [2.24, 2.45) is 0 Å². The summed E-state index contributed by atoms with van der Waals surface area (Å²) in [6.07, 6.45) is 7.20. The molecule has 0 radical (unpaired) electrons. The Morgan fingerprint density at radius 3 is 2.50 bits per heavy atom. The maximum Gasteiger partial charge on any atom is 0.146 e. The number of rotatable bonds is 3. The molecule has 3 aromatic rings. The fourth-order valence-corrected chi connectivity index (χ4v) is 3.62. The number of aromatic nitrogens is 2. The summed E-state index contributed by atoms with van der Waals surface area (Å²) in [6.45, 7) is 2.06. The van der Waals surface area contributed by atoms with E-state index in [0.29, 0.717) is 5.52 Å². The van der Waals surface area contributed by atoms with Crippen LogP contribution in [0.1, 0.15) is 36.6 Å². The molecule has 0 aliphatic carbocycles. The Bertz CT molecular complexity index is 829. The van der Waals surface area contributed by atoms with E-state index in [1.54, 1.807) is 6.20 Å². The monoisotopic (exact) mass is 319 g/mol. The van der Waals surface area contributed by atoms with Crippen LogP contribution in [0.2, 0.25) is 0 Å². The van der Waals surface area contributed by atoms with Crippen LogP contribution in [-0.2, 0) is 0 Å². The lowest BCUT2D eigenvalue weighted by Crippen LogP contribution is -2.34. The minimum Gasteiger partial charge on any atom is -0.505 e. The molecule has 4 nitrogen and oxygen atoms in total. The Hall–Kier alpha value is -2.46. The van der Waals surface area contributed by atoms with Gasteiger partial charge in [0.15, 0.2) is 0 Å². The zero-order valence-electron chi connectivity index (χ0n) is 13.6. The number of phenols is 1. The van der Waals surface area contributed by atoms with Crippen molar-refractivity contribution in [1.82, 2.24) is 14.9 Å². The molecule has 4 heteroatoms. The number of likely N-dealkylation sites (tertiary alicyclic amines) is 1. The quantitative estimate of drug-likeness (QED) is 0.795. The molecular formula is C20H21N3O. The van der Waals surface area contributed by atoms with Crippen LogP contribution < -0.4 is 0 Å². The molecule has 122 valence electrons. The van der Waals surface area contributed by atoms with E-state index in [9.17, 15) is 5.11 Å². The second kappa shape index (κ2) is 6.57. The van der Waals surface area contributed by atoms with Crippen molar-refractivity contribution in [2.75, 3.05) is 13.1 Å². The van der Waals surface area contributed by atoms with Gasteiger partial charge in [-0.1, -0.05) is 30.7 Å². The van der Waals surface area contributed by atoms with E-state index in [2.05, 4.69) is 14.9 Å². The smallest absolute Gasteiger partial charge is 0.146 e. The summed E-state index contributed by atoms with van der Waals surface area (Å²) in [6, 6.07) is 13.9. The number of hydrogen-bond acceptors (Lipinski definition) is 4. The van der Waals surface area contributed by atoms with Crippen LogP contribution in [0.15, 0.2) is 54.9 Å². The predicted octanol–water partition coefficient (Wildman–Crippen LogP) is 3.91. The molecule has 1 aliphatic heterocycles. The van der Waals surface area contributed by atoms with E-state index < -0.39 is 0 Å². The molecule has 0 amide bonds. The van der Waals surface area contributed by atoms with Gasteiger partial charge in [-0.3, -0.25) is 14.9 Å². The summed E-state index contributed by atoms with van der Waals surface area (Å²) in [4.78, 5) is 11.4. The fraction of sp³-hybridized carbons (Fsp3) is 0.300. The Balaban J connectivity index is 1.85. The molecule has 3 heterocycles. The normalized spacial score (nSPS) is 17.0. The van der Waals surface area contributed by atoms with Gasteiger partial charge in [0.2, 0.25) is 0 Å². The minimum atomic E-state index is -0.0297. The molecule has 1 atom stereocenters. The van der Waals surface area contributed by atoms with Crippen molar-refractivity contribution >= 4 is 10.9 Å². The van der Waals surface area contributed by atoms with Crippen molar-refractivity contribution < 1.29 is 5.11 Å². The number of hydrogen-bond donors (Lipinski definition) is 1. The molecule has 24 heavy (non-hydrogen) atoms. The summed E-state index contributed by atoms with van der Waals surface area (Å²) < 4.78 is 0. The van der Waals surface area contributed by atoms with Crippen molar-refractivity contribution in [1.29, 1.82) is 0 Å². The van der Waals surface area contributed by atoms with Crippen LogP contribution in [0.25, 0.3) is 10.9 Å². The molecule has 4 rings (SSSR count). The molecule has 1 aromatic carbocycles. The van der Waals surface area contributed by atoms with Gasteiger partial charge in [0.05, 0.1) is 11.7 Å². The summed E-state index contributed by atoms with van der Waals surface area (Å²) >= 11 is 0. The first-order chi connectivity index (χ1) is 11.8. The van der Waals surface area contributed by atoms with Crippen LogP contribution in [0.3, 0.4) is 0 Å². The largest absolute Gasteiger partial charge is 0.505 e. The number of benzene rings is 1. The van der Waals surface area contributed by atoms with E-state index in [1.807, 2.05) is 48.7 Å². The second-order valence-electron chi connectivity index (χ2n) is 6.33. The fourth-order valence-electron chi connectivity index (χ4n) is 3.62. The van der Waals surface area contributed by atoms with Crippen molar-refractivity contribution in [3.05, 3.63) is 66.1 Å². The van der Waals surface area contributed by atoms with Crippen LogP contribution in [-0.4, -0.2) is 33.1 Å². The maximum absolute atomic E-state index is 10.9. The van der Waals surface area contributed by atoms with Crippen molar-refractivity contribution in [2.45, 2.75) is 25.3 Å². The highest BCUT2D eigenvalue weighted by Crippen LogP contribution is 2.38. The lowest BCUT2D eigenvalue weighted by molar-refractivity contribution is 0.182. The van der Waals surface area contributed by atoms with E-state index >= 15 is 0 Å². The highest BCUT2D eigenvalue weighted by molar-refractivity contribution is 5.85. The number of aromatic hydroxyl groups is 1. The molecule has 1 fully saturated rings. The van der Waals surface area contributed by atoms with Crippen LogP contribution >= 0.6 is 0 Å². The van der Waals surface area contributed by atoms with Gasteiger partial charge in [0, 0.05) is 23.3 Å². The van der Waals surface area contributed by atoms with Crippen LogP contribution in [0, 0.1) is 0 Å². The summed E-state index contributed by atoms with van der Waals surface area (Å²) in [5.74, 6) is 0.273. The zero-order valence-corrected chi connectivity index (χ0v) is 13.6. The average Bonchev–Trinajstić information content (AvgIpc) is 2.66. The third-order valence-corrected chi connectivity index (χ3v) is 4.80. The number of phenolic OH excluding ortho intramolecular Hbond substituents is 1. The van der Waals surface area contributed by atoms with Gasteiger partial charge in [-0.25, -0.2) is 0 Å². The molecule has 1 N–H and O–H groups in total. The van der Waals surface area contributed by atoms with Gasteiger partial charge in [-0.15, -0.1) is 0 Å². The number of nitrogens with zero attached hydrogens (tertiary/aromatic N) is 3. The third-order valence-electron chi connectivity index (χ3n) is 4.80. The molecule has 0 spiro atoms. The molecule has 2 aromatic heterocycles. The number of piperidine rings is 1. The highest BCUT2D eigenvalue weighted by atomic mass is 16.3. The summed E-state index contributed by atoms with van der Waals surface area (Å²) in [5.41, 5.74) is 2.53. The Labute approximate surface area is 141 Å². The Morgan fingerprint density at radius 2 is 1.71 bits per heavy atom.